The minimum atomic E-state index is 0.743. The van der Waals surface area contributed by atoms with Crippen LogP contribution in [-0.2, 0) is 6.54 Å². The fourth-order valence-corrected chi connectivity index (χ4v) is 2.30. The first-order chi connectivity index (χ1) is 8.92. The molecule has 0 amide bonds. The van der Waals surface area contributed by atoms with E-state index in [9.17, 15) is 0 Å². The van der Waals surface area contributed by atoms with Gasteiger partial charge >= 0.3 is 0 Å². The zero-order valence-electron chi connectivity index (χ0n) is 9.65. The Morgan fingerprint density at radius 2 is 2.00 bits per heavy atom. The first-order valence-electron chi connectivity index (χ1n) is 5.63. The summed E-state index contributed by atoms with van der Waals surface area (Å²) in [5, 5.41) is 6.35. The Labute approximate surface area is 109 Å². The Morgan fingerprint density at radius 1 is 1.11 bits per heavy atom. The molecule has 0 saturated heterocycles. The number of hydrogen-bond acceptors (Lipinski definition) is 4. The lowest BCUT2D eigenvalue weighted by atomic mass is 10.3. The minimum Gasteiger partial charge on any atom is -0.326 e. The van der Waals surface area contributed by atoms with E-state index < -0.39 is 0 Å². The fraction of sp³-hybridized carbons (Fsp3) is 0.0769. The second-order valence-corrected chi connectivity index (χ2v) is 4.77. The van der Waals surface area contributed by atoms with Gasteiger partial charge in [0.05, 0.1) is 6.54 Å². The molecule has 1 N–H and O–H groups in total. The molecule has 4 nitrogen and oxygen atoms in total. The Morgan fingerprint density at radius 3 is 2.78 bits per heavy atom. The number of para-hydroxylation sites is 1. The van der Waals surface area contributed by atoms with Gasteiger partial charge < -0.3 is 9.88 Å². The summed E-state index contributed by atoms with van der Waals surface area (Å²) < 4.78 is 2.05. The van der Waals surface area contributed by atoms with E-state index in [0.29, 0.717) is 0 Å². The summed E-state index contributed by atoms with van der Waals surface area (Å²) in [7, 11) is 0. The summed E-state index contributed by atoms with van der Waals surface area (Å²) in [6.45, 7) is 0.743. The molecule has 0 aliphatic rings. The number of benzene rings is 1. The normalized spacial score (nSPS) is 10.4. The molecule has 0 saturated carbocycles. The van der Waals surface area contributed by atoms with Gasteiger partial charge in [-0.15, -0.1) is 11.3 Å². The fourth-order valence-electron chi connectivity index (χ4n) is 1.69. The molecule has 0 fully saturated rings. The molecule has 90 valence electrons. The van der Waals surface area contributed by atoms with Gasteiger partial charge in [0.15, 0.2) is 0 Å². The number of nitrogens with zero attached hydrogens (tertiary/aromatic N) is 3. The summed E-state index contributed by atoms with van der Waals surface area (Å²) in [5.74, 6) is 0.830. The molecule has 3 aromatic rings. The topological polar surface area (TPSA) is 42.7 Å². The van der Waals surface area contributed by atoms with Crippen LogP contribution in [0.3, 0.4) is 0 Å². The number of rotatable bonds is 4. The summed E-state index contributed by atoms with van der Waals surface area (Å²) >= 11 is 1.65. The van der Waals surface area contributed by atoms with Crippen molar-refractivity contribution in [1.29, 1.82) is 0 Å². The highest BCUT2D eigenvalue weighted by atomic mass is 32.1. The average molecular weight is 256 g/mol. The molecule has 1 aromatic carbocycles. The third-order valence-corrected chi connectivity index (χ3v) is 3.30. The van der Waals surface area contributed by atoms with Crippen molar-refractivity contribution in [2.45, 2.75) is 6.54 Å². The van der Waals surface area contributed by atoms with Crippen LogP contribution in [0.5, 0.6) is 0 Å². The maximum atomic E-state index is 4.32. The molecule has 0 spiro atoms. The van der Waals surface area contributed by atoms with Crippen molar-refractivity contribution in [2.24, 2.45) is 0 Å². The molecule has 2 aromatic heterocycles. The van der Waals surface area contributed by atoms with Gasteiger partial charge in [-0.3, -0.25) is 0 Å². The van der Waals surface area contributed by atoms with E-state index in [2.05, 4.69) is 15.3 Å². The molecule has 0 radical (unpaired) electrons. The van der Waals surface area contributed by atoms with E-state index in [0.717, 1.165) is 23.2 Å². The molecule has 3 rings (SSSR count). The molecule has 18 heavy (non-hydrogen) atoms. The lowest BCUT2D eigenvalue weighted by molar-refractivity contribution is 0.800. The van der Waals surface area contributed by atoms with Crippen LogP contribution in [0.15, 0.2) is 54.3 Å². The molecule has 2 heterocycles. The Hall–Kier alpha value is -2.14. The van der Waals surface area contributed by atoms with Crippen molar-refractivity contribution in [3.63, 3.8) is 0 Å². The van der Waals surface area contributed by atoms with Crippen molar-refractivity contribution in [3.05, 3.63) is 59.3 Å². The smallest absolute Gasteiger partial charge is 0.207 e. The van der Waals surface area contributed by atoms with Gasteiger partial charge in [-0.25, -0.2) is 9.97 Å². The molecular weight excluding hydrogens is 244 g/mol. The molecular formula is C13H12N4S. The van der Waals surface area contributed by atoms with Crippen LogP contribution in [0.1, 0.15) is 5.01 Å². The number of nitrogens with one attached hydrogen (secondary N) is 1. The minimum absolute atomic E-state index is 0.743. The van der Waals surface area contributed by atoms with Crippen molar-refractivity contribution in [1.82, 2.24) is 14.5 Å². The zero-order valence-corrected chi connectivity index (χ0v) is 10.5. The van der Waals surface area contributed by atoms with E-state index in [-0.39, 0.29) is 0 Å². The summed E-state index contributed by atoms with van der Waals surface area (Å²) in [5.41, 5.74) is 1.03. The highest BCUT2D eigenvalue weighted by Crippen LogP contribution is 2.16. The number of thiazole rings is 1. The SMILES string of the molecule is c1ccc(Nc2nccn2Cc2nccs2)cc1. The van der Waals surface area contributed by atoms with E-state index in [1.165, 1.54) is 0 Å². The van der Waals surface area contributed by atoms with Gasteiger partial charge in [-0.2, -0.15) is 0 Å². The van der Waals surface area contributed by atoms with Crippen LogP contribution in [0, 0.1) is 0 Å². The van der Waals surface area contributed by atoms with Crippen molar-refractivity contribution in [2.75, 3.05) is 5.32 Å². The largest absolute Gasteiger partial charge is 0.326 e. The first-order valence-corrected chi connectivity index (χ1v) is 6.51. The highest BCUT2D eigenvalue weighted by molar-refractivity contribution is 7.09. The number of hydrogen-bond donors (Lipinski definition) is 1. The van der Waals surface area contributed by atoms with Crippen LogP contribution >= 0.6 is 11.3 Å². The number of imidazole rings is 1. The average Bonchev–Trinajstić information content (AvgIpc) is 3.04. The second kappa shape index (κ2) is 5.01. The molecule has 0 unspecified atom stereocenters. The van der Waals surface area contributed by atoms with Crippen molar-refractivity contribution in [3.8, 4) is 0 Å². The first kappa shape index (κ1) is 11.0. The predicted octanol–water partition coefficient (Wildman–Crippen LogP) is 3.13. The summed E-state index contributed by atoms with van der Waals surface area (Å²) in [6, 6.07) is 10.0. The van der Waals surface area contributed by atoms with Crippen LogP contribution in [0.4, 0.5) is 11.6 Å². The van der Waals surface area contributed by atoms with Gasteiger partial charge in [0.2, 0.25) is 5.95 Å². The molecule has 5 heteroatoms. The monoisotopic (exact) mass is 256 g/mol. The standard InChI is InChI=1S/C13H12N4S/c1-2-4-11(5-3-1)16-13-15-6-8-17(13)10-12-14-7-9-18-12/h1-9H,10H2,(H,15,16). The molecule has 0 bridgehead atoms. The van der Waals surface area contributed by atoms with Crippen LogP contribution < -0.4 is 5.32 Å². The Bertz CT molecular complexity index is 601. The van der Waals surface area contributed by atoms with Gasteiger partial charge in [0, 0.05) is 29.7 Å². The van der Waals surface area contributed by atoms with Crippen LogP contribution in [-0.4, -0.2) is 14.5 Å². The van der Waals surface area contributed by atoms with Gasteiger partial charge in [-0.1, -0.05) is 18.2 Å². The molecule has 0 atom stereocenters. The van der Waals surface area contributed by atoms with E-state index in [1.807, 2.05) is 52.7 Å². The molecule has 0 aliphatic heterocycles. The lowest BCUT2D eigenvalue weighted by Gasteiger charge is -2.08. The maximum absolute atomic E-state index is 4.32. The summed E-state index contributed by atoms with van der Waals surface area (Å²) in [6.07, 6.45) is 5.56. The Balaban J connectivity index is 1.79. The summed E-state index contributed by atoms with van der Waals surface area (Å²) in [4.78, 5) is 8.60. The van der Waals surface area contributed by atoms with E-state index in [1.54, 1.807) is 17.5 Å². The molecule has 0 aliphatic carbocycles. The van der Waals surface area contributed by atoms with Gasteiger partial charge in [0.1, 0.15) is 5.01 Å². The van der Waals surface area contributed by atoms with Crippen molar-refractivity contribution >= 4 is 23.0 Å². The van der Waals surface area contributed by atoms with Gasteiger partial charge in [0.25, 0.3) is 0 Å². The lowest BCUT2D eigenvalue weighted by Crippen LogP contribution is -2.04. The second-order valence-electron chi connectivity index (χ2n) is 3.80. The number of aromatic nitrogens is 3. The van der Waals surface area contributed by atoms with Crippen LogP contribution in [0.25, 0.3) is 0 Å². The van der Waals surface area contributed by atoms with E-state index in [4.69, 9.17) is 0 Å². The maximum Gasteiger partial charge on any atom is 0.207 e. The van der Waals surface area contributed by atoms with Gasteiger partial charge in [-0.05, 0) is 12.1 Å². The highest BCUT2D eigenvalue weighted by Gasteiger charge is 2.04. The quantitative estimate of drug-likeness (QED) is 0.780. The number of anilines is 2. The van der Waals surface area contributed by atoms with E-state index >= 15 is 0 Å². The van der Waals surface area contributed by atoms with Crippen LogP contribution in [0.2, 0.25) is 0 Å². The van der Waals surface area contributed by atoms with Crippen molar-refractivity contribution < 1.29 is 0 Å². The zero-order chi connectivity index (χ0) is 12.2. The third-order valence-electron chi connectivity index (χ3n) is 2.53. The predicted molar refractivity (Wildman–Crippen MR) is 73.2 cm³/mol. The third kappa shape index (κ3) is 2.41. The Kier molecular flexibility index (Phi) is 3.06.